The van der Waals surface area contributed by atoms with Crippen LogP contribution in [-0.2, 0) is 11.3 Å². The summed E-state index contributed by atoms with van der Waals surface area (Å²) in [5, 5.41) is 13.3. The third kappa shape index (κ3) is 6.21. The molecule has 8 heteroatoms. The highest BCUT2D eigenvalue weighted by atomic mass is 127. The Hall–Kier alpha value is -2.07. The van der Waals surface area contributed by atoms with Crippen LogP contribution in [0.4, 0.5) is 4.39 Å². The molecule has 3 rings (SSSR count). The van der Waals surface area contributed by atoms with Crippen molar-refractivity contribution in [1.82, 2.24) is 10.2 Å². The van der Waals surface area contributed by atoms with E-state index in [1.807, 2.05) is 19.9 Å². The Bertz CT molecular complexity index is 848. The van der Waals surface area contributed by atoms with Crippen LogP contribution in [0.2, 0.25) is 0 Å². The zero-order valence-corrected chi connectivity index (χ0v) is 19.8. The van der Waals surface area contributed by atoms with Crippen LogP contribution in [0, 0.1) is 5.82 Å². The van der Waals surface area contributed by atoms with Gasteiger partial charge in [0.1, 0.15) is 11.9 Å². The second kappa shape index (κ2) is 11.4. The van der Waals surface area contributed by atoms with Gasteiger partial charge in [0.2, 0.25) is 0 Å². The predicted octanol–water partition coefficient (Wildman–Crippen LogP) is 4.09. The lowest BCUT2D eigenvalue weighted by Gasteiger charge is -2.38. The molecule has 2 atom stereocenters. The summed E-state index contributed by atoms with van der Waals surface area (Å²) in [6, 6.07) is 11.7. The van der Waals surface area contributed by atoms with Gasteiger partial charge in [-0.15, -0.1) is 24.0 Å². The highest BCUT2D eigenvalue weighted by Crippen LogP contribution is 2.27. The van der Waals surface area contributed by atoms with Gasteiger partial charge in [0.15, 0.2) is 17.5 Å². The molecule has 2 aromatic carbocycles. The standard InChI is InChI=1S/C22H28FN3O3.HI/c1-4-24-22(25-12-16-5-10-20(28-3)19(27)11-16)26-13-15(2)29-21(14-26)17-6-8-18(23)9-7-17;/h5-11,15,21,27H,4,12-14H2,1-3H3,(H,24,25);1H. The van der Waals surface area contributed by atoms with Crippen LogP contribution in [0.15, 0.2) is 47.5 Å². The third-order valence-corrected chi connectivity index (χ3v) is 4.79. The fraction of sp³-hybridized carbons (Fsp3) is 0.409. The van der Waals surface area contributed by atoms with Crippen molar-refractivity contribution in [1.29, 1.82) is 0 Å². The molecule has 1 aliphatic heterocycles. The molecule has 1 fully saturated rings. The van der Waals surface area contributed by atoms with Crippen molar-refractivity contribution in [3.8, 4) is 11.5 Å². The molecule has 0 bridgehead atoms. The zero-order valence-electron chi connectivity index (χ0n) is 17.5. The Morgan fingerprint density at radius 3 is 2.63 bits per heavy atom. The first-order valence-electron chi connectivity index (χ1n) is 9.80. The number of hydrogen-bond acceptors (Lipinski definition) is 4. The number of rotatable bonds is 5. The lowest BCUT2D eigenvalue weighted by molar-refractivity contribution is -0.0605. The molecule has 1 heterocycles. The molecule has 0 radical (unpaired) electrons. The number of methoxy groups -OCH3 is 1. The molecule has 164 valence electrons. The number of ether oxygens (including phenoxy) is 2. The van der Waals surface area contributed by atoms with Crippen LogP contribution in [0.1, 0.15) is 31.1 Å². The highest BCUT2D eigenvalue weighted by Gasteiger charge is 2.28. The van der Waals surface area contributed by atoms with E-state index in [-0.39, 0.29) is 47.8 Å². The maximum atomic E-state index is 13.3. The van der Waals surface area contributed by atoms with E-state index in [2.05, 4.69) is 10.2 Å². The van der Waals surface area contributed by atoms with Gasteiger partial charge in [-0.3, -0.25) is 0 Å². The van der Waals surface area contributed by atoms with Crippen molar-refractivity contribution < 1.29 is 19.0 Å². The fourth-order valence-electron chi connectivity index (χ4n) is 3.41. The van der Waals surface area contributed by atoms with Crippen molar-refractivity contribution in [2.24, 2.45) is 4.99 Å². The molecule has 2 N–H and O–H groups in total. The molecular weight excluding hydrogens is 500 g/mol. The van der Waals surface area contributed by atoms with Crippen LogP contribution in [0.3, 0.4) is 0 Å². The SMILES string of the molecule is CCNC(=NCc1ccc(OC)c(O)c1)N1CC(C)OC(c2ccc(F)cc2)C1.I. The minimum absolute atomic E-state index is 0. The summed E-state index contributed by atoms with van der Waals surface area (Å²) in [4.78, 5) is 6.91. The topological polar surface area (TPSA) is 66.3 Å². The minimum Gasteiger partial charge on any atom is -0.504 e. The van der Waals surface area contributed by atoms with Crippen LogP contribution in [-0.4, -0.2) is 48.8 Å². The normalized spacial score (nSPS) is 19.2. The van der Waals surface area contributed by atoms with E-state index >= 15 is 0 Å². The summed E-state index contributed by atoms with van der Waals surface area (Å²) in [6.45, 7) is 6.53. The summed E-state index contributed by atoms with van der Waals surface area (Å²) in [5.74, 6) is 1.06. The first-order chi connectivity index (χ1) is 14.0. The van der Waals surface area contributed by atoms with Gasteiger partial charge in [0.05, 0.1) is 26.3 Å². The Labute approximate surface area is 194 Å². The molecule has 0 spiro atoms. The number of nitrogens with zero attached hydrogens (tertiary/aromatic N) is 2. The van der Waals surface area contributed by atoms with Gasteiger partial charge in [-0.25, -0.2) is 9.38 Å². The van der Waals surface area contributed by atoms with E-state index in [9.17, 15) is 9.50 Å². The van der Waals surface area contributed by atoms with Crippen molar-refractivity contribution >= 4 is 29.9 Å². The molecule has 0 aliphatic carbocycles. The van der Waals surface area contributed by atoms with E-state index < -0.39 is 0 Å². The Kier molecular flexibility index (Phi) is 9.16. The molecule has 6 nitrogen and oxygen atoms in total. The number of aliphatic imine (C=N–C) groups is 1. The number of phenols is 1. The second-order valence-corrected chi connectivity index (χ2v) is 7.07. The number of halogens is 2. The van der Waals surface area contributed by atoms with Crippen molar-refractivity contribution in [2.75, 3.05) is 26.7 Å². The van der Waals surface area contributed by atoms with E-state index in [0.29, 0.717) is 25.4 Å². The van der Waals surface area contributed by atoms with E-state index in [1.54, 1.807) is 24.3 Å². The van der Waals surface area contributed by atoms with Gasteiger partial charge >= 0.3 is 0 Å². The molecule has 0 amide bonds. The molecular formula is C22H29FIN3O3. The predicted molar refractivity (Wildman–Crippen MR) is 126 cm³/mol. The number of nitrogens with one attached hydrogen (secondary N) is 1. The van der Waals surface area contributed by atoms with E-state index in [4.69, 9.17) is 14.5 Å². The monoisotopic (exact) mass is 529 g/mol. The van der Waals surface area contributed by atoms with Gasteiger partial charge in [-0.1, -0.05) is 18.2 Å². The Balaban J connectivity index is 0.00000320. The molecule has 2 aromatic rings. The molecule has 30 heavy (non-hydrogen) atoms. The molecule has 1 saturated heterocycles. The Morgan fingerprint density at radius 1 is 1.27 bits per heavy atom. The quantitative estimate of drug-likeness (QED) is 0.347. The number of morpholine rings is 1. The number of hydrogen-bond donors (Lipinski definition) is 2. The summed E-state index contributed by atoms with van der Waals surface area (Å²) < 4.78 is 24.4. The minimum atomic E-state index is -0.257. The van der Waals surface area contributed by atoms with Crippen LogP contribution in [0.25, 0.3) is 0 Å². The maximum Gasteiger partial charge on any atom is 0.194 e. The van der Waals surface area contributed by atoms with E-state index in [0.717, 1.165) is 23.6 Å². The second-order valence-electron chi connectivity index (χ2n) is 7.07. The van der Waals surface area contributed by atoms with Crippen molar-refractivity contribution in [3.05, 3.63) is 59.4 Å². The first kappa shape index (κ1) is 24.2. The first-order valence-corrected chi connectivity index (χ1v) is 9.80. The fourth-order valence-corrected chi connectivity index (χ4v) is 3.41. The van der Waals surface area contributed by atoms with Gasteiger partial charge < -0.3 is 24.8 Å². The number of guanidine groups is 1. The smallest absolute Gasteiger partial charge is 0.194 e. The van der Waals surface area contributed by atoms with Gasteiger partial charge in [0, 0.05) is 13.1 Å². The summed E-state index contributed by atoms with van der Waals surface area (Å²) in [5.41, 5.74) is 1.83. The van der Waals surface area contributed by atoms with Crippen LogP contribution >= 0.6 is 24.0 Å². The number of aromatic hydroxyl groups is 1. The summed E-state index contributed by atoms with van der Waals surface area (Å²) in [6.07, 6.45) is -0.152. The average molecular weight is 529 g/mol. The largest absolute Gasteiger partial charge is 0.504 e. The average Bonchev–Trinajstić information content (AvgIpc) is 2.71. The van der Waals surface area contributed by atoms with E-state index in [1.165, 1.54) is 19.2 Å². The summed E-state index contributed by atoms with van der Waals surface area (Å²) >= 11 is 0. The van der Waals surface area contributed by atoms with Crippen molar-refractivity contribution in [2.45, 2.75) is 32.6 Å². The van der Waals surface area contributed by atoms with Crippen LogP contribution < -0.4 is 10.1 Å². The van der Waals surface area contributed by atoms with Crippen LogP contribution in [0.5, 0.6) is 11.5 Å². The lowest BCUT2D eigenvalue weighted by Crippen LogP contribution is -2.50. The molecule has 0 saturated carbocycles. The molecule has 2 unspecified atom stereocenters. The lowest BCUT2D eigenvalue weighted by atomic mass is 10.1. The highest BCUT2D eigenvalue weighted by molar-refractivity contribution is 14.0. The van der Waals surface area contributed by atoms with Crippen molar-refractivity contribution in [3.63, 3.8) is 0 Å². The number of phenolic OH excluding ortho intramolecular Hbond substituents is 1. The van der Waals surface area contributed by atoms with Gasteiger partial charge in [-0.2, -0.15) is 0 Å². The van der Waals surface area contributed by atoms with Gasteiger partial charge in [0.25, 0.3) is 0 Å². The zero-order chi connectivity index (χ0) is 20.8. The summed E-state index contributed by atoms with van der Waals surface area (Å²) in [7, 11) is 1.52. The third-order valence-electron chi connectivity index (χ3n) is 4.79. The molecule has 1 aliphatic rings. The van der Waals surface area contributed by atoms with Gasteiger partial charge in [-0.05, 0) is 49.2 Å². The maximum absolute atomic E-state index is 13.3. The molecule has 0 aromatic heterocycles. The number of benzene rings is 2. The Morgan fingerprint density at radius 2 is 2.00 bits per heavy atom.